The minimum Gasteiger partial charge on any atom is -0.462 e. The van der Waals surface area contributed by atoms with Crippen molar-refractivity contribution in [2.45, 2.75) is 110 Å². The highest BCUT2D eigenvalue weighted by Gasteiger charge is 2.41. The monoisotopic (exact) mass is 834 g/mol. The highest BCUT2D eigenvalue weighted by Crippen LogP contribution is 2.28. The van der Waals surface area contributed by atoms with Crippen LogP contribution in [0.4, 0.5) is 0 Å². The second-order valence-electron chi connectivity index (χ2n) is 15.5. The quantitative estimate of drug-likeness (QED) is 0.0490. The predicted molar refractivity (Wildman–Crippen MR) is 223 cm³/mol. The van der Waals surface area contributed by atoms with E-state index in [2.05, 4.69) is 16.0 Å². The number of methoxy groups -OCH3 is 1. The van der Waals surface area contributed by atoms with E-state index < -0.39 is 66.0 Å². The summed E-state index contributed by atoms with van der Waals surface area (Å²) in [6.07, 6.45) is 0.361. The topological polar surface area (TPSA) is 205 Å². The fraction of sp³-hybridized carbons (Fsp3) is 0.698. The molecule has 0 spiro atoms. The minimum absolute atomic E-state index is 0.0309. The zero-order chi connectivity index (χ0) is 44.1. The summed E-state index contributed by atoms with van der Waals surface area (Å²) in [5.41, 5.74) is 0.853. The third-order valence-electron chi connectivity index (χ3n) is 10.9. The van der Waals surface area contributed by atoms with Crippen molar-refractivity contribution < 1.29 is 53.1 Å². The van der Waals surface area contributed by atoms with Crippen LogP contribution in [0, 0.1) is 17.8 Å². The molecule has 1 heterocycles. The Bertz CT molecular complexity index is 1480. The molecule has 334 valence electrons. The number of rotatable bonds is 27. The largest absolute Gasteiger partial charge is 0.462 e. The lowest BCUT2D eigenvalue weighted by molar-refractivity contribution is -0.150. The number of esters is 1. The number of amides is 4. The average Bonchev–Trinajstić information content (AvgIpc) is 3.72. The van der Waals surface area contributed by atoms with E-state index in [4.69, 9.17) is 18.9 Å². The Labute approximate surface area is 350 Å². The van der Waals surface area contributed by atoms with E-state index in [1.165, 1.54) is 15.9 Å². The number of ether oxygens (including phenoxy) is 4. The second kappa shape index (κ2) is 27.0. The fourth-order valence-electron chi connectivity index (χ4n) is 7.29. The van der Waals surface area contributed by atoms with E-state index in [1.807, 2.05) is 58.0 Å². The normalized spacial score (nSPS) is 18.0. The molecule has 0 aromatic heterocycles. The minimum atomic E-state index is -1.28. The van der Waals surface area contributed by atoms with Gasteiger partial charge in [0.25, 0.3) is 5.91 Å². The van der Waals surface area contributed by atoms with E-state index in [1.54, 1.807) is 35.1 Å². The number of aliphatic hydroxyl groups is 2. The first kappa shape index (κ1) is 51.2. The molecule has 16 nitrogen and oxygen atoms in total. The van der Waals surface area contributed by atoms with E-state index in [-0.39, 0.29) is 49.5 Å². The summed E-state index contributed by atoms with van der Waals surface area (Å²) < 4.78 is 21.2. The number of hydrogen-bond acceptors (Lipinski definition) is 12. The Morgan fingerprint density at radius 2 is 1.58 bits per heavy atom. The van der Waals surface area contributed by atoms with Crippen LogP contribution in [0.1, 0.15) is 72.8 Å². The molecule has 0 bridgehead atoms. The van der Waals surface area contributed by atoms with E-state index >= 15 is 0 Å². The molecule has 1 saturated heterocycles. The number of benzene rings is 1. The van der Waals surface area contributed by atoms with Crippen molar-refractivity contribution in [3.63, 3.8) is 0 Å². The summed E-state index contributed by atoms with van der Waals surface area (Å²) in [4.78, 5) is 70.3. The first-order valence-electron chi connectivity index (χ1n) is 20.9. The number of carbonyl (C=O) groups excluding carboxylic acids is 5. The molecule has 8 atom stereocenters. The number of nitrogens with one attached hydrogen (secondary N) is 3. The molecule has 4 amide bonds. The molecule has 59 heavy (non-hydrogen) atoms. The zero-order valence-electron chi connectivity index (χ0n) is 36.6. The Morgan fingerprint density at radius 3 is 2.15 bits per heavy atom. The van der Waals surface area contributed by atoms with Gasteiger partial charge in [0.15, 0.2) is 0 Å². The predicted octanol–water partition coefficient (Wildman–Crippen LogP) is 1.81. The maximum Gasteiger partial charge on any atom is 0.329 e. The van der Waals surface area contributed by atoms with Gasteiger partial charge in [0.05, 0.1) is 75.7 Å². The van der Waals surface area contributed by atoms with Crippen molar-refractivity contribution in [2.75, 3.05) is 67.4 Å². The van der Waals surface area contributed by atoms with Gasteiger partial charge >= 0.3 is 5.97 Å². The van der Waals surface area contributed by atoms with Crippen LogP contribution < -0.4 is 16.0 Å². The van der Waals surface area contributed by atoms with E-state index in [0.29, 0.717) is 52.2 Å². The van der Waals surface area contributed by atoms with Gasteiger partial charge in [-0.1, -0.05) is 77.4 Å². The summed E-state index contributed by atoms with van der Waals surface area (Å²) in [6, 6.07) is 6.07. The highest BCUT2D eigenvalue weighted by atomic mass is 16.6. The Balaban J connectivity index is 2.11. The number of aliphatic hydroxyl groups excluding tert-OH is 2. The summed E-state index contributed by atoms with van der Waals surface area (Å²) in [6.45, 7) is 12.8. The molecule has 1 fully saturated rings. The number of hydrogen-bond donors (Lipinski definition) is 5. The molecule has 16 heteroatoms. The molecule has 0 radical (unpaired) electrons. The van der Waals surface area contributed by atoms with Gasteiger partial charge in [0, 0.05) is 27.1 Å². The molecule has 0 aliphatic carbocycles. The molecule has 1 aromatic rings. The third-order valence-corrected chi connectivity index (χ3v) is 10.9. The maximum absolute atomic E-state index is 13.9. The lowest BCUT2D eigenvalue weighted by Crippen LogP contribution is -2.54. The van der Waals surface area contributed by atoms with Crippen LogP contribution in [-0.4, -0.2) is 153 Å². The van der Waals surface area contributed by atoms with Gasteiger partial charge in [-0.2, -0.15) is 0 Å². The SMILES string of the molecule is C/C=C(\NC(=O)[C@@H](NC)C(C)C)C(=O)N(C)[C@H]([C@H](O)CC(=O)N1CCC[C@H]1[C@H](O)[C@@H](C)C(=O)N[C@@H](Cc1ccccc1)C(=O)OCCOCCOCCOC)[C@@H](C)CC. The summed E-state index contributed by atoms with van der Waals surface area (Å²) >= 11 is 0. The van der Waals surface area contributed by atoms with Gasteiger partial charge < -0.3 is 54.9 Å². The van der Waals surface area contributed by atoms with Crippen LogP contribution in [0.25, 0.3) is 0 Å². The van der Waals surface area contributed by atoms with Gasteiger partial charge in [0.2, 0.25) is 17.7 Å². The van der Waals surface area contributed by atoms with Crippen molar-refractivity contribution >= 4 is 29.6 Å². The first-order valence-corrected chi connectivity index (χ1v) is 20.9. The number of carbonyl (C=O) groups is 5. The van der Waals surface area contributed by atoms with Crippen molar-refractivity contribution in [3.8, 4) is 0 Å². The van der Waals surface area contributed by atoms with Gasteiger partial charge in [-0.25, -0.2) is 4.79 Å². The second-order valence-corrected chi connectivity index (χ2v) is 15.5. The summed E-state index contributed by atoms with van der Waals surface area (Å²) in [5.74, 6) is -3.81. The van der Waals surface area contributed by atoms with Gasteiger partial charge in [-0.15, -0.1) is 0 Å². The third kappa shape index (κ3) is 16.2. The lowest BCUT2D eigenvalue weighted by Gasteiger charge is -2.38. The Kier molecular flexibility index (Phi) is 23.5. The van der Waals surface area contributed by atoms with Crippen LogP contribution in [0.5, 0.6) is 0 Å². The van der Waals surface area contributed by atoms with Gasteiger partial charge in [0.1, 0.15) is 18.3 Å². The van der Waals surface area contributed by atoms with Crippen LogP contribution in [0.3, 0.4) is 0 Å². The van der Waals surface area contributed by atoms with Gasteiger partial charge in [-0.3, -0.25) is 19.2 Å². The molecule has 2 rings (SSSR count). The average molecular weight is 834 g/mol. The number of allylic oxidation sites excluding steroid dienone is 1. The highest BCUT2D eigenvalue weighted by molar-refractivity contribution is 5.98. The van der Waals surface area contributed by atoms with Crippen molar-refractivity contribution in [1.29, 1.82) is 0 Å². The number of likely N-dealkylation sites (tertiary alicyclic amines) is 1. The molecular formula is C43H71N5O11. The van der Waals surface area contributed by atoms with E-state index in [9.17, 15) is 34.2 Å². The first-order chi connectivity index (χ1) is 28.1. The number of nitrogens with zero attached hydrogens (tertiary/aromatic N) is 2. The van der Waals surface area contributed by atoms with E-state index in [0.717, 1.165) is 5.56 Å². The van der Waals surface area contributed by atoms with Crippen molar-refractivity contribution in [2.24, 2.45) is 17.8 Å². The van der Waals surface area contributed by atoms with Crippen molar-refractivity contribution in [3.05, 3.63) is 47.7 Å². The fourth-order valence-corrected chi connectivity index (χ4v) is 7.29. The van der Waals surface area contributed by atoms with Crippen LogP contribution in [0.2, 0.25) is 0 Å². The molecule has 0 unspecified atom stereocenters. The summed E-state index contributed by atoms with van der Waals surface area (Å²) in [5, 5.41) is 31.6. The molecular weight excluding hydrogens is 762 g/mol. The summed E-state index contributed by atoms with van der Waals surface area (Å²) in [7, 11) is 4.80. The zero-order valence-corrected chi connectivity index (χ0v) is 36.6. The lowest BCUT2D eigenvalue weighted by atomic mass is 9.90. The molecule has 1 aromatic carbocycles. The van der Waals surface area contributed by atoms with Crippen LogP contribution >= 0.6 is 0 Å². The molecule has 5 N–H and O–H groups in total. The number of likely N-dealkylation sites (N-methyl/N-ethyl adjacent to an activating group) is 2. The van der Waals surface area contributed by atoms with Crippen LogP contribution in [-0.2, 0) is 49.3 Å². The molecule has 0 saturated carbocycles. The molecule has 1 aliphatic rings. The van der Waals surface area contributed by atoms with Gasteiger partial charge in [-0.05, 0) is 44.2 Å². The standard InChI is InChI=1S/C43H71N5O11/c1-10-29(5)38(47(8)42(54)32(11-2)45-41(53)37(44-7)28(3)4)35(49)27-36(50)48-19-15-18-34(48)39(51)30(6)40(52)46-33(26-31-16-13-12-14-17-31)43(55)59-25-24-58-23-22-57-21-20-56-9/h11-14,16-17,28-30,33-35,37-39,44,49,51H,10,15,18-27H2,1-9H3,(H,45,53)(H,46,52)/b32-11-/t29-,30+,33-,34-,35+,37-,38-,39+/m0/s1. The Morgan fingerprint density at radius 1 is 0.949 bits per heavy atom. The van der Waals surface area contributed by atoms with Crippen LogP contribution in [0.15, 0.2) is 42.1 Å². The Hall–Kier alpha value is -3.93. The molecule has 1 aliphatic heterocycles. The van der Waals surface area contributed by atoms with Crippen molar-refractivity contribution in [1.82, 2.24) is 25.8 Å². The maximum atomic E-state index is 13.9. The smallest absolute Gasteiger partial charge is 0.329 e.